The maximum absolute atomic E-state index is 13.8. The normalized spacial score (nSPS) is 16.0. The molecule has 4 aromatic rings. The summed E-state index contributed by atoms with van der Waals surface area (Å²) in [6.45, 7) is 13.4. The average Bonchev–Trinajstić information content (AvgIpc) is 3.42. The van der Waals surface area contributed by atoms with Crippen molar-refractivity contribution in [2.24, 2.45) is 0 Å². The van der Waals surface area contributed by atoms with Gasteiger partial charge in [-0.1, -0.05) is 19.9 Å². The van der Waals surface area contributed by atoms with Crippen LogP contribution in [0.25, 0.3) is 32.7 Å². The van der Waals surface area contributed by atoms with Crippen LogP contribution in [0.2, 0.25) is 0 Å². The predicted molar refractivity (Wildman–Crippen MR) is 124 cm³/mol. The highest BCUT2D eigenvalue weighted by atomic mass is 19.4. The molecule has 176 valence electrons. The molecule has 3 aromatic heterocycles. The molecule has 4 heterocycles. The molecule has 0 atom stereocenters. The van der Waals surface area contributed by atoms with Gasteiger partial charge in [-0.05, 0) is 54.0 Å². The van der Waals surface area contributed by atoms with Gasteiger partial charge in [0.05, 0.1) is 5.69 Å². The van der Waals surface area contributed by atoms with Crippen LogP contribution in [0.4, 0.5) is 13.2 Å². The summed E-state index contributed by atoms with van der Waals surface area (Å²) in [5.74, 6) is 0.508. The molecular formula is C25H25F3N6. The Morgan fingerprint density at radius 1 is 1.21 bits per heavy atom. The molecule has 1 N–H and O–H groups in total. The van der Waals surface area contributed by atoms with Gasteiger partial charge in [-0.2, -0.15) is 18.3 Å². The SMILES string of the molecule is [C-]#[N+]CN1CCC(c2ccc3[nH]c(-c4cc(C(F)(F)F)c5ncnn5c4)c(C(C)C)c3c2)CC1. The highest BCUT2D eigenvalue weighted by Gasteiger charge is 2.35. The molecule has 1 aliphatic rings. The Labute approximate surface area is 195 Å². The lowest BCUT2D eigenvalue weighted by Gasteiger charge is -2.28. The van der Waals surface area contributed by atoms with E-state index in [1.807, 2.05) is 6.07 Å². The number of piperidine rings is 1. The van der Waals surface area contributed by atoms with Gasteiger partial charge >= 0.3 is 6.18 Å². The lowest BCUT2D eigenvalue weighted by atomic mass is 9.87. The molecule has 5 rings (SSSR count). The number of likely N-dealkylation sites (tertiary alicyclic amines) is 1. The fraction of sp³-hybridized carbons (Fsp3) is 0.400. The Kier molecular flexibility index (Phi) is 5.56. The van der Waals surface area contributed by atoms with E-state index >= 15 is 0 Å². The lowest BCUT2D eigenvalue weighted by Crippen LogP contribution is -2.32. The van der Waals surface area contributed by atoms with Gasteiger partial charge in [-0.3, -0.25) is 4.85 Å². The smallest absolute Gasteiger partial charge is 0.354 e. The van der Waals surface area contributed by atoms with E-state index in [-0.39, 0.29) is 11.6 Å². The van der Waals surface area contributed by atoms with Crippen molar-refractivity contribution in [3.63, 3.8) is 0 Å². The van der Waals surface area contributed by atoms with Gasteiger partial charge in [0.25, 0.3) is 6.67 Å². The van der Waals surface area contributed by atoms with Crippen LogP contribution >= 0.6 is 0 Å². The first kappa shape index (κ1) is 22.4. The van der Waals surface area contributed by atoms with Crippen LogP contribution in [0, 0.1) is 6.57 Å². The second-order valence-electron chi connectivity index (χ2n) is 9.23. The van der Waals surface area contributed by atoms with Crippen molar-refractivity contribution in [3.05, 3.63) is 64.9 Å². The van der Waals surface area contributed by atoms with E-state index in [0.29, 0.717) is 23.8 Å². The fourth-order valence-corrected chi connectivity index (χ4v) is 5.09. The molecule has 1 aliphatic heterocycles. The first-order valence-corrected chi connectivity index (χ1v) is 11.4. The molecule has 0 aliphatic carbocycles. The van der Waals surface area contributed by atoms with Crippen molar-refractivity contribution in [3.8, 4) is 11.3 Å². The number of rotatable bonds is 4. The van der Waals surface area contributed by atoms with E-state index in [4.69, 9.17) is 6.57 Å². The summed E-state index contributed by atoms with van der Waals surface area (Å²) in [5, 5.41) is 5.01. The number of aromatic amines is 1. The maximum atomic E-state index is 13.8. The van der Waals surface area contributed by atoms with Gasteiger partial charge in [0.15, 0.2) is 5.65 Å². The maximum Gasteiger partial charge on any atom is 0.420 e. The van der Waals surface area contributed by atoms with Crippen LogP contribution < -0.4 is 0 Å². The Morgan fingerprint density at radius 2 is 1.97 bits per heavy atom. The topological polar surface area (TPSA) is 53.6 Å². The van der Waals surface area contributed by atoms with Crippen LogP contribution in [0.15, 0.2) is 36.8 Å². The number of aromatic nitrogens is 4. The van der Waals surface area contributed by atoms with Crippen molar-refractivity contribution in [2.75, 3.05) is 19.8 Å². The number of pyridine rings is 1. The standard InChI is InChI=1S/C25H25F3N6/c1-15(2)22-19-10-17(16-6-8-33(9-7-16)14-29-3)4-5-21(19)32-23(22)18-11-20(25(26,27)28)24-30-13-31-34(24)12-18/h4-5,10-13,15-16,32H,6-9,14H2,1-2H3. The number of benzene rings is 1. The molecule has 1 fully saturated rings. The Bertz CT molecular complexity index is 1380. The zero-order chi connectivity index (χ0) is 24.0. The van der Waals surface area contributed by atoms with Crippen molar-refractivity contribution in [1.82, 2.24) is 24.5 Å². The van der Waals surface area contributed by atoms with Crippen LogP contribution in [-0.2, 0) is 6.18 Å². The highest BCUT2D eigenvalue weighted by Crippen LogP contribution is 2.40. The summed E-state index contributed by atoms with van der Waals surface area (Å²) in [4.78, 5) is 12.8. The van der Waals surface area contributed by atoms with Crippen molar-refractivity contribution < 1.29 is 13.2 Å². The van der Waals surface area contributed by atoms with Crippen molar-refractivity contribution in [2.45, 2.75) is 44.7 Å². The predicted octanol–water partition coefficient (Wildman–Crippen LogP) is 6.08. The second kappa shape index (κ2) is 8.44. The first-order valence-electron chi connectivity index (χ1n) is 11.4. The molecule has 0 amide bonds. The quantitative estimate of drug-likeness (QED) is 0.371. The third-order valence-corrected chi connectivity index (χ3v) is 6.74. The van der Waals surface area contributed by atoms with Gasteiger partial charge in [0, 0.05) is 35.8 Å². The Balaban J connectivity index is 1.60. The molecule has 0 bridgehead atoms. The molecule has 1 aromatic carbocycles. The molecular weight excluding hydrogens is 441 g/mol. The summed E-state index contributed by atoms with van der Waals surface area (Å²) in [5.41, 5.74) is 3.24. The molecule has 9 heteroatoms. The largest absolute Gasteiger partial charge is 0.420 e. The second-order valence-corrected chi connectivity index (χ2v) is 9.23. The van der Waals surface area contributed by atoms with E-state index in [1.54, 1.807) is 6.20 Å². The minimum Gasteiger partial charge on any atom is -0.354 e. The minimum atomic E-state index is -4.54. The number of halogens is 3. The highest BCUT2D eigenvalue weighted by molar-refractivity contribution is 5.92. The number of hydrogen-bond donors (Lipinski definition) is 1. The molecule has 1 saturated heterocycles. The monoisotopic (exact) mass is 466 g/mol. The van der Waals surface area contributed by atoms with Gasteiger partial charge in [0.2, 0.25) is 0 Å². The summed E-state index contributed by atoms with van der Waals surface area (Å²) in [6, 6.07) is 7.50. The number of H-pyrrole nitrogens is 1. The molecule has 0 unspecified atom stereocenters. The zero-order valence-corrected chi connectivity index (χ0v) is 19.0. The molecule has 0 radical (unpaired) electrons. The van der Waals surface area contributed by atoms with Crippen molar-refractivity contribution in [1.29, 1.82) is 0 Å². The number of nitrogens with zero attached hydrogens (tertiary/aromatic N) is 5. The fourth-order valence-electron chi connectivity index (χ4n) is 5.09. The lowest BCUT2D eigenvalue weighted by molar-refractivity contribution is -0.136. The van der Waals surface area contributed by atoms with Crippen LogP contribution in [-0.4, -0.2) is 44.2 Å². The zero-order valence-electron chi connectivity index (χ0n) is 19.0. The average molecular weight is 467 g/mol. The summed E-state index contributed by atoms with van der Waals surface area (Å²) in [7, 11) is 0. The van der Waals surface area contributed by atoms with Gasteiger partial charge < -0.3 is 4.98 Å². The number of alkyl halides is 3. The van der Waals surface area contributed by atoms with E-state index in [1.165, 1.54) is 10.1 Å². The molecule has 34 heavy (non-hydrogen) atoms. The van der Waals surface area contributed by atoms with Gasteiger partial charge in [-0.25, -0.2) is 21.0 Å². The third-order valence-electron chi connectivity index (χ3n) is 6.74. The molecule has 6 nitrogen and oxygen atoms in total. The van der Waals surface area contributed by atoms with E-state index in [9.17, 15) is 13.2 Å². The third kappa shape index (κ3) is 3.92. The summed E-state index contributed by atoms with van der Waals surface area (Å²) >= 11 is 0. The van der Waals surface area contributed by atoms with E-state index in [2.05, 4.69) is 50.8 Å². The van der Waals surface area contributed by atoms with Crippen LogP contribution in [0.3, 0.4) is 0 Å². The Hall–Kier alpha value is -3.38. The van der Waals surface area contributed by atoms with E-state index in [0.717, 1.165) is 54.8 Å². The first-order chi connectivity index (χ1) is 16.3. The van der Waals surface area contributed by atoms with Gasteiger partial charge in [0.1, 0.15) is 11.9 Å². The minimum absolute atomic E-state index is 0.0975. The molecule has 0 saturated carbocycles. The number of fused-ring (bicyclic) bond motifs is 2. The van der Waals surface area contributed by atoms with E-state index < -0.39 is 11.7 Å². The summed E-state index contributed by atoms with van der Waals surface area (Å²) in [6.07, 6.45) is 0.185. The molecule has 0 spiro atoms. The Morgan fingerprint density at radius 3 is 2.65 bits per heavy atom. The number of nitrogens with one attached hydrogen (secondary N) is 1. The number of hydrogen-bond acceptors (Lipinski definition) is 3. The van der Waals surface area contributed by atoms with Crippen LogP contribution in [0.5, 0.6) is 0 Å². The van der Waals surface area contributed by atoms with Gasteiger partial charge in [-0.15, -0.1) is 0 Å². The van der Waals surface area contributed by atoms with Crippen molar-refractivity contribution >= 4 is 16.6 Å². The van der Waals surface area contributed by atoms with Crippen LogP contribution in [0.1, 0.15) is 55.2 Å². The summed E-state index contributed by atoms with van der Waals surface area (Å²) < 4.78 is 42.5.